The van der Waals surface area contributed by atoms with E-state index in [1.165, 1.54) is 0 Å². The summed E-state index contributed by atoms with van der Waals surface area (Å²) < 4.78 is 61.4. The lowest BCUT2D eigenvalue weighted by atomic mass is 10.1. The Kier molecular flexibility index (Phi) is 7.17. The van der Waals surface area contributed by atoms with E-state index in [-0.39, 0.29) is 11.7 Å². The molecule has 2 atom stereocenters. The average molecular weight is 427 g/mol. The quantitative estimate of drug-likeness (QED) is 0.191. The first kappa shape index (κ1) is 23.0. The van der Waals surface area contributed by atoms with E-state index in [1.54, 1.807) is 45.3 Å². The van der Waals surface area contributed by atoms with Crippen molar-refractivity contribution in [1.29, 1.82) is 5.26 Å². The molecule has 1 aliphatic rings. The van der Waals surface area contributed by atoms with Crippen LogP contribution >= 0.6 is 11.8 Å². The first-order valence-electron chi connectivity index (χ1n) is 8.85. The summed E-state index contributed by atoms with van der Waals surface area (Å²) in [5.41, 5.74) is -1.79. The van der Waals surface area contributed by atoms with E-state index < -0.39 is 58.3 Å². The third kappa shape index (κ3) is 4.50. The van der Waals surface area contributed by atoms with Crippen LogP contribution in [0.5, 0.6) is 0 Å². The smallest absolute Gasteiger partial charge is 0.310 e. The van der Waals surface area contributed by atoms with Crippen LogP contribution in [-0.4, -0.2) is 12.2 Å². The SMILES string of the molecule is CC=CC(C#N)=CC1C(C(=O)OCc2c(F)c(F)c(CSC)c(F)c2F)C1(C)C. The molecule has 1 aliphatic carbocycles. The summed E-state index contributed by atoms with van der Waals surface area (Å²) in [6.45, 7) is 4.42. The van der Waals surface area contributed by atoms with Gasteiger partial charge in [0.25, 0.3) is 0 Å². The van der Waals surface area contributed by atoms with Crippen LogP contribution in [0.1, 0.15) is 31.9 Å². The molecule has 0 amide bonds. The summed E-state index contributed by atoms with van der Waals surface area (Å²) in [5, 5.41) is 9.11. The summed E-state index contributed by atoms with van der Waals surface area (Å²) in [6.07, 6.45) is 6.47. The van der Waals surface area contributed by atoms with Crippen LogP contribution in [0.3, 0.4) is 0 Å². The number of esters is 1. The molecule has 2 unspecified atom stereocenters. The van der Waals surface area contributed by atoms with Gasteiger partial charge in [-0.25, -0.2) is 17.6 Å². The maximum atomic E-state index is 14.2. The molecule has 0 bridgehead atoms. The van der Waals surface area contributed by atoms with Crippen molar-refractivity contribution in [3.05, 3.63) is 58.2 Å². The van der Waals surface area contributed by atoms with Crippen molar-refractivity contribution < 1.29 is 27.1 Å². The highest BCUT2D eigenvalue weighted by Crippen LogP contribution is 2.60. The number of benzene rings is 1. The Balaban J connectivity index is 2.19. The third-order valence-electron chi connectivity index (χ3n) is 5.09. The first-order chi connectivity index (χ1) is 13.6. The number of nitriles is 1. The van der Waals surface area contributed by atoms with Crippen LogP contribution < -0.4 is 0 Å². The Bertz CT molecular complexity index is 889. The highest BCUT2D eigenvalue weighted by molar-refractivity contribution is 7.97. The average Bonchev–Trinajstić information content (AvgIpc) is 3.22. The normalized spacial score (nSPS) is 20.6. The topological polar surface area (TPSA) is 50.1 Å². The fourth-order valence-electron chi connectivity index (χ4n) is 3.30. The minimum atomic E-state index is -1.56. The van der Waals surface area contributed by atoms with Gasteiger partial charge >= 0.3 is 5.97 Å². The molecule has 0 heterocycles. The molecule has 0 N–H and O–H groups in total. The number of carbonyl (C=O) groups is 1. The van der Waals surface area contributed by atoms with Crippen LogP contribution in [0.4, 0.5) is 17.6 Å². The number of allylic oxidation sites excluding steroid dienone is 4. The third-order valence-corrected chi connectivity index (χ3v) is 5.67. The first-order valence-corrected chi connectivity index (χ1v) is 10.2. The van der Waals surface area contributed by atoms with E-state index in [4.69, 9.17) is 10.00 Å². The number of nitrogens with zero attached hydrogens (tertiary/aromatic N) is 1. The van der Waals surface area contributed by atoms with Crippen molar-refractivity contribution in [2.24, 2.45) is 17.3 Å². The van der Waals surface area contributed by atoms with Gasteiger partial charge in [0.05, 0.1) is 17.6 Å². The van der Waals surface area contributed by atoms with Crippen molar-refractivity contribution in [3.63, 3.8) is 0 Å². The van der Waals surface area contributed by atoms with Crippen LogP contribution in [-0.2, 0) is 21.9 Å². The van der Waals surface area contributed by atoms with Gasteiger partial charge in [-0.15, -0.1) is 0 Å². The number of ether oxygens (including phenoxy) is 1. The molecule has 0 radical (unpaired) electrons. The minimum Gasteiger partial charge on any atom is -0.460 e. The molecular weight excluding hydrogens is 406 g/mol. The molecule has 0 saturated heterocycles. The molecule has 1 saturated carbocycles. The molecule has 1 fully saturated rings. The minimum absolute atomic E-state index is 0.233. The van der Waals surface area contributed by atoms with Crippen molar-refractivity contribution in [3.8, 4) is 6.07 Å². The van der Waals surface area contributed by atoms with Gasteiger partial charge in [-0.3, -0.25) is 4.79 Å². The molecule has 29 heavy (non-hydrogen) atoms. The molecule has 156 valence electrons. The second kappa shape index (κ2) is 9.04. The van der Waals surface area contributed by atoms with Gasteiger partial charge in [0.2, 0.25) is 0 Å². The number of thioether (sulfide) groups is 1. The highest BCUT2D eigenvalue weighted by Gasteiger charge is 2.61. The van der Waals surface area contributed by atoms with Crippen molar-refractivity contribution in [1.82, 2.24) is 0 Å². The summed E-state index contributed by atoms with van der Waals surface area (Å²) >= 11 is 1.01. The van der Waals surface area contributed by atoms with Crippen LogP contribution in [0.15, 0.2) is 23.8 Å². The van der Waals surface area contributed by atoms with E-state index in [9.17, 15) is 22.4 Å². The Morgan fingerprint density at radius 3 is 2.21 bits per heavy atom. The zero-order valence-corrected chi connectivity index (χ0v) is 17.3. The Morgan fingerprint density at radius 1 is 1.17 bits per heavy atom. The van der Waals surface area contributed by atoms with E-state index in [1.807, 2.05) is 6.07 Å². The van der Waals surface area contributed by atoms with Gasteiger partial charge in [-0.1, -0.05) is 26.0 Å². The summed E-state index contributed by atoms with van der Waals surface area (Å²) in [5.74, 6) is -8.01. The maximum Gasteiger partial charge on any atom is 0.310 e. The molecule has 1 aromatic carbocycles. The molecular formula is C21H21F4NO2S. The van der Waals surface area contributed by atoms with Gasteiger partial charge in [-0.2, -0.15) is 17.0 Å². The number of carbonyl (C=O) groups excluding carboxylic acids is 1. The molecule has 8 heteroatoms. The number of halogens is 4. The standard InChI is InChI=1S/C21H21F4NO2S/c1-5-6-11(8-26)7-14-15(21(14,2)3)20(27)28-9-12-16(22)18(24)13(10-29-4)19(25)17(12)23/h5-7,14-15H,9-10H2,1-4H3. The lowest BCUT2D eigenvalue weighted by Crippen LogP contribution is -2.14. The maximum absolute atomic E-state index is 14.2. The fourth-order valence-corrected chi connectivity index (χ4v) is 3.84. The summed E-state index contributed by atoms with van der Waals surface area (Å²) in [6, 6.07) is 2.01. The highest BCUT2D eigenvalue weighted by atomic mass is 32.2. The molecule has 3 nitrogen and oxygen atoms in total. The van der Waals surface area contributed by atoms with Crippen molar-refractivity contribution >= 4 is 17.7 Å². The Labute approximate surface area is 171 Å². The van der Waals surface area contributed by atoms with Gasteiger partial charge < -0.3 is 4.74 Å². The Hall–Kier alpha value is -2.27. The van der Waals surface area contributed by atoms with E-state index in [0.717, 1.165) is 11.8 Å². The van der Waals surface area contributed by atoms with Gasteiger partial charge in [0, 0.05) is 16.9 Å². The molecule has 0 spiro atoms. The van der Waals surface area contributed by atoms with Crippen molar-refractivity contribution in [2.75, 3.05) is 6.26 Å². The molecule has 1 aromatic rings. The Morgan fingerprint density at radius 2 is 1.72 bits per heavy atom. The lowest BCUT2D eigenvalue weighted by Gasteiger charge is -2.12. The zero-order valence-electron chi connectivity index (χ0n) is 16.5. The number of hydrogen-bond acceptors (Lipinski definition) is 4. The van der Waals surface area contributed by atoms with Crippen LogP contribution in [0, 0.1) is 51.9 Å². The van der Waals surface area contributed by atoms with Crippen LogP contribution in [0.25, 0.3) is 0 Å². The summed E-state index contributed by atoms with van der Waals surface area (Å²) in [7, 11) is 0. The predicted molar refractivity (Wildman–Crippen MR) is 103 cm³/mol. The van der Waals surface area contributed by atoms with Crippen LogP contribution in [0.2, 0.25) is 0 Å². The number of hydrogen-bond donors (Lipinski definition) is 0. The largest absolute Gasteiger partial charge is 0.460 e. The fraction of sp³-hybridized carbons (Fsp3) is 0.429. The van der Waals surface area contributed by atoms with Gasteiger partial charge in [0.1, 0.15) is 6.61 Å². The second-order valence-corrected chi connectivity index (χ2v) is 8.18. The van der Waals surface area contributed by atoms with Gasteiger partial charge in [0.15, 0.2) is 23.3 Å². The molecule has 2 rings (SSSR count). The molecule has 0 aromatic heterocycles. The van der Waals surface area contributed by atoms with Gasteiger partial charge in [-0.05, 0) is 30.6 Å². The monoisotopic (exact) mass is 427 g/mol. The van der Waals surface area contributed by atoms with E-state index in [0.29, 0.717) is 5.57 Å². The zero-order chi connectivity index (χ0) is 21.9. The molecule has 0 aliphatic heterocycles. The number of rotatable bonds is 7. The van der Waals surface area contributed by atoms with E-state index in [2.05, 4.69) is 0 Å². The predicted octanol–water partition coefficient (Wildman–Crippen LogP) is 5.45. The van der Waals surface area contributed by atoms with E-state index >= 15 is 0 Å². The second-order valence-electron chi connectivity index (χ2n) is 7.31. The van der Waals surface area contributed by atoms with Crippen molar-refractivity contribution in [2.45, 2.75) is 33.1 Å². The lowest BCUT2D eigenvalue weighted by molar-refractivity contribution is -0.147. The summed E-state index contributed by atoms with van der Waals surface area (Å²) in [4.78, 5) is 12.4.